The predicted molar refractivity (Wildman–Crippen MR) is 162 cm³/mol. The van der Waals surface area contributed by atoms with E-state index in [0.29, 0.717) is 45.4 Å². The van der Waals surface area contributed by atoms with Crippen LogP contribution in [0.4, 0.5) is 4.39 Å². The number of nitrogens with one attached hydrogen (secondary N) is 2. The number of halogens is 1. The van der Waals surface area contributed by atoms with Gasteiger partial charge in [-0.2, -0.15) is 0 Å². The normalized spacial score (nSPS) is 18.4. The van der Waals surface area contributed by atoms with Crippen molar-refractivity contribution in [2.45, 2.75) is 44.1 Å². The lowest BCUT2D eigenvalue weighted by Crippen LogP contribution is -2.57. The Bertz CT molecular complexity index is 1570. The number of phenolic OH excluding ortho intramolecular Hbond substituents is 1. The summed E-state index contributed by atoms with van der Waals surface area (Å²) in [5.41, 5.74) is 3.01. The number of aromatic hydroxyl groups is 1. The van der Waals surface area contributed by atoms with E-state index < -0.39 is 17.4 Å². The molecule has 3 N–H and O–H groups in total. The molecule has 2 fully saturated rings. The number of methoxy groups -OCH3 is 1. The number of ketones is 1. The molecule has 1 unspecified atom stereocenters. The Morgan fingerprint density at radius 1 is 1.12 bits per heavy atom. The largest absolute Gasteiger partial charge is 0.507 e. The van der Waals surface area contributed by atoms with E-state index in [1.165, 1.54) is 19.2 Å². The Morgan fingerprint density at radius 3 is 2.56 bits per heavy atom. The molecule has 2 aliphatic rings. The highest BCUT2D eigenvalue weighted by Gasteiger charge is 2.51. The summed E-state index contributed by atoms with van der Waals surface area (Å²) in [5.74, 6) is -0.562. The summed E-state index contributed by atoms with van der Waals surface area (Å²) in [6.45, 7) is 2.38. The van der Waals surface area contributed by atoms with Crippen LogP contribution in [-0.2, 0) is 20.7 Å². The van der Waals surface area contributed by atoms with Gasteiger partial charge in [-0.15, -0.1) is 0 Å². The standard InChI is InChI=1S/C34H37FN4O4/c1-43-33(42)34(12-15-36-16-13-34)32(41)30(19-22-5-7-25(35)8-6-22)39-17-10-23(11-18-39)26-3-2-4-27(31(26)40)28-20-24-9-14-37-21-29(24)38-28/h2-9,14,20-21,23,30,36,38,40H,10-13,15-19H2,1H3. The van der Waals surface area contributed by atoms with Crippen LogP contribution in [0.1, 0.15) is 42.7 Å². The number of Topliss-reactive ketones (excluding diaryl/α,β-unsaturated/α-hetero) is 1. The van der Waals surface area contributed by atoms with Crippen LogP contribution >= 0.6 is 0 Å². The summed E-state index contributed by atoms with van der Waals surface area (Å²) in [6.07, 6.45) is 6.16. The number of H-pyrrole nitrogens is 1. The monoisotopic (exact) mass is 584 g/mol. The molecular weight excluding hydrogens is 547 g/mol. The third kappa shape index (κ3) is 5.67. The van der Waals surface area contributed by atoms with Gasteiger partial charge in [0, 0.05) is 17.1 Å². The fourth-order valence-electron chi connectivity index (χ4n) is 6.90. The first-order valence-corrected chi connectivity index (χ1v) is 15.0. The molecule has 2 aromatic heterocycles. The van der Waals surface area contributed by atoms with Gasteiger partial charge in [0.25, 0.3) is 0 Å². The predicted octanol–water partition coefficient (Wildman–Crippen LogP) is 4.98. The number of carbonyl (C=O) groups excluding carboxylic acids is 2. The second-order valence-electron chi connectivity index (χ2n) is 11.7. The molecule has 0 aliphatic carbocycles. The molecule has 0 amide bonds. The lowest BCUT2D eigenvalue weighted by molar-refractivity contribution is -0.162. The summed E-state index contributed by atoms with van der Waals surface area (Å²) in [5, 5.41) is 15.7. The summed E-state index contributed by atoms with van der Waals surface area (Å²) >= 11 is 0. The molecule has 0 bridgehead atoms. The fourth-order valence-corrected chi connectivity index (χ4v) is 6.90. The van der Waals surface area contributed by atoms with E-state index in [4.69, 9.17) is 4.74 Å². The van der Waals surface area contributed by atoms with E-state index in [1.807, 2.05) is 30.3 Å². The van der Waals surface area contributed by atoms with Crippen LogP contribution in [0, 0.1) is 11.2 Å². The Balaban J connectivity index is 1.25. The molecule has 43 heavy (non-hydrogen) atoms. The highest BCUT2D eigenvalue weighted by Crippen LogP contribution is 2.41. The minimum atomic E-state index is -1.21. The highest BCUT2D eigenvalue weighted by atomic mass is 19.1. The van der Waals surface area contributed by atoms with Crippen LogP contribution in [0.2, 0.25) is 0 Å². The van der Waals surface area contributed by atoms with Gasteiger partial charge in [0.05, 0.1) is 30.6 Å². The zero-order valence-electron chi connectivity index (χ0n) is 24.3. The fraction of sp³-hybridized carbons (Fsp3) is 0.382. The molecule has 8 nitrogen and oxygen atoms in total. The van der Waals surface area contributed by atoms with E-state index in [9.17, 15) is 19.1 Å². The minimum Gasteiger partial charge on any atom is -0.507 e. The maximum absolute atomic E-state index is 14.4. The number of ether oxygens (including phenoxy) is 1. The van der Waals surface area contributed by atoms with Crippen molar-refractivity contribution in [1.29, 1.82) is 0 Å². The first-order chi connectivity index (χ1) is 20.9. The number of aromatic amines is 1. The molecule has 2 saturated heterocycles. The lowest BCUT2D eigenvalue weighted by Gasteiger charge is -2.42. The first kappa shape index (κ1) is 29.0. The molecule has 1 atom stereocenters. The number of fused-ring (bicyclic) bond motifs is 1. The number of aromatic nitrogens is 2. The van der Waals surface area contributed by atoms with E-state index >= 15 is 0 Å². The van der Waals surface area contributed by atoms with Gasteiger partial charge in [0.1, 0.15) is 17.0 Å². The van der Waals surface area contributed by atoms with E-state index in [1.54, 1.807) is 24.5 Å². The summed E-state index contributed by atoms with van der Waals surface area (Å²) in [4.78, 5) is 37.2. The number of nitrogens with zero attached hydrogens (tertiary/aromatic N) is 2. The van der Waals surface area contributed by atoms with Gasteiger partial charge in [-0.3, -0.25) is 19.5 Å². The average molecular weight is 585 g/mol. The highest BCUT2D eigenvalue weighted by molar-refractivity contribution is 6.06. The maximum atomic E-state index is 14.4. The Labute approximate surface area is 250 Å². The van der Waals surface area contributed by atoms with Crippen molar-refractivity contribution in [1.82, 2.24) is 20.2 Å². The number of hydrogen-bond donors (Lipinski definition) is 3. The Morgan fingerprint density at radius 2 is 1.86 bits per heavy atom. The number of likely N-dealkylation sites (tertiary alicyclic amines) is 1. The smallest absolute Gasteiger partial charge is 0.319 e. The number of phenols is 1. The van der Waals surface area contributed by atoms with Crippen molar-refractivity contribution in [3.05, 3.63) is 83.9 Å². The molecule has 224 valence electrons. The molecule has 9 heteroatoms. The van der Waals surface area contributed by atoms with E-state index in [-0.39, 0.29) is 23.3 Å². The maximum Gasteiger partial charge on any atom is 0.319 e. The summed E-state index contributed by atoms with van der Waals surface area (Å²) in [7, 11) is 1.34. The van der Waals surface area contributed by atoms with Crippen LogP contribution in [0.25, 0.3) is 22.2 Å². The van der Waals surface area contributed by atoms with Crippen molar-refractivity contribution in [3.8, 4) is 17.0 Å². The SMILES string of the molecule is COC(=O)C1(C(=O)C(Cc2ccc(F)cc2)N2CCC(c3cccc(-c4cc5ccncc5[nH]4)c3O)CC2)CCNCC1. The molecule has 4 heterocycles. The van der Waals surface area contributed by atoms with Gasteiger partial charge in [-0.25, -0.2) is 4.39 Å². The van der Waals surface area contributed by atoms with Gasteiger partial charge in [-0.1, -0.05) is 24.3 Å². The average Bonchev–Trinajstić information content (AvgIpc) is 3.48. The van der Waals surface area contributed by atoms with Gasteiger partial charge in [0.15, 0.2) is 5.78 Å². The number of rotatable bonds is 8. The molecule has 2 aromatic carbocycles. The third-order valence-corrected chi connectivity index (χ3v) is 9.34. The van der Waals surface area contributed by atoms with Crippen molar-refractivity contribution in [2.24, 2.45) is 5.41 Å². The number of piperidine rings is 2. The zero-order chi connectivity index (χ0) is 30.0. The zero-order valence-corrected chi connectivity index (χ0v) is 24.3. The molecule has 0 saturated carbocycles. The minimum absolute atomic E-state index is 0.109. The second kappa shape index (κ2) is 12.3. The molecule has 0 radical (unpaired) electrons. The first-order valence-electron chi connectivity index (χ1n) is 15.0. The van der Waals surface area contributed by atoms with Crippen LogP contribution in [0.15, 0.2) is 67.0 Å². The van der Waals surface area contributed by atoms with Crippen LogP contribution < -0.4 is 5.32 Å². The molecule has 0 spiro atoms. The summed E-state index contributed by atoms with van der Waals surface area (Å²) in [6, 6.07) is 15.5. The van der Waals surface area contributed by atoms with E-state index in [0.717, 1.165) is 46.1 Å². The number of benzene rings is 2. The van der Waals surface area contributed by atoms with Crippen molar-refractivity contribution in [3.63, 3.8) is 0 Å². The van der Waals surface area contributed by atoms with Gasteiger partial charge in [0.2, 0.25) is 0 Å². The van der Waals surface area contributed by atoms with Gasteiger partial charge >= 0.3 is 5.97 Å². The molecular formula is C34H37FN4O4. The van der Waals surface area contributed by atoms with Gasteiger partial charge in [-0.05, 0) is 106 Å². The van der Waals surface area contributed by atoms with E-state index in [2.05, 4.69) is 20.2 Å². The third-order valence-electron chi connectivity index (χ3n) is 9.34. The molecule has 2 aliphatic heterocycles. The van der Waals surface area contributed by atoms with Crippen molar-refractivity contribution >= 4 is 22.7 Å². The quantitative estimate of drug-likeness (QED) is 0.198. The van der Waals surface area contributed by atoms with Gasteiger partial charge < -0.3 is 20.1 Å². The topological polar surface area (TPSA) is 108 Å². The number of para-hydroxylation sites is 1. The number of hydrogen-bond acceptors (Lipinski definition) is 7. The number of pyridine rings is 1. The molecule has 4 aromatic rings. The lowest BCUT2D eigenvalue weighted by atomic mass is 9.71. The Kier molecular flexibility index (Phi) is 8.27. The summed E-state index contributed by atoms with van der Waals surface area (Å²) < 4.78 is 18.9. The van der Waals surface area contributed by atoms with Crippen LogP contribution in [0.3, 0.4) is 0 Å². The Hall–Kier alpha value is -4.08. The molecule has 6 rings (SSSR count). The number of esters is 1. The number of carbonyl (C=O) groups is 2. The van der Waals surface area contributed by atoms with Crippen LogP contribution in [-0.4, -0.2) is 71.1 Å². The van der Waals surface area contributed by atoms with Crippen molar-refractivity contribution in [2.75, 3.05) is 33.3 Å². The van der Waals surface area contributed by atoms with Crippen molar-refractivity contribution < 1.29 is 23.8 Å². The second-order valence-corrected chi connectivity index (χ2v) is 11.7. The van der Waals surface area contributed by atoms with Crippen LogP contribution in [0.5, 0.6) is 5.75 Å².